The minimum absolute atomic E-state index is 0.0832. The Kier molecular flexibility index (Phi) is 7.68. The second kappa shape index (κ2) is 10.4. The zero-order valence-electron chi connectivity index (χ0n) is 18.0. The van der Waals surface area contributed by atoms with Crippen LogP contribution in [0, 0.1) is 0 Å². The van der Waals surface area contributed by atoms with Crippen molar-refractivity contribution in [2.45, 2.75) is 26.0 Å². The number of ether oxygens (including phenoxy) is 1. The van der Waals surface area contributed by atoms with Gasteiger partial charge in [0.2, 0.25) is 0 Å². The average Bonchev–Trinajstić information content (AvgIpc) is 2.99. The summed E-state index contributed by atoms with van der Waals surface area (Å²) in [6, 6.07) is 13.4. The highest BCUT2D eigenvalue weighted by atomic mass is 16.5. The van der Waals surface area contributed by atoms with Crippen LogP contribution < -0.4 is 21.1 Å². The van der Waals surface area contributed by atoms with Crippen LogP contribution in [0.5, 0.6) is 5.75 Å². The lowest BCUT2D eigenvalue weighted by atomic mass is 10.1. The lowest BCUT2D eigenvalue weighted by Crippen LogP contribution is -2.21. The number of aryl methyl sites for hydroxylation is 2. The second-order valence-corrected chi connectivity index (χ2v) is 7.50. The van der Waals surface area contributed by atoms with Gasteiger partial charge >= 0.3 is 5.69 Å². The van der Waals surface area contributed by atoms with Crippen molar-refractivity contribution in [1.82, 2.24) is 19.8 Å². The summed E-state index contributed by atoms with van der Waals surface area (Å²) < 4.78 is 8.95. The number of aliphatic hydroxyl groups is 1. The van der Waals surface area contributed by atoms with Gasteiger partial charge in [0, 0.05) is 20.6 Å². The van der Waals surface area contributed by atoms with Gasteiger partial charge in [-0.3, -0.25) is 9.13 Å². The molecule has 0 fully saturated rings. The number of fused-ring (bicyclic) bond motifs is 1. The Morgan fingerprint density at radius 1 is 1.00 bits per heavy atom. The van der Waals surface area contributed by atoms with E-state index in [1.807, 2.05) is 42.5 Å². The Morgan fingerprint density at radius 3 is 2.43 bits per heavy atom. The third-order valence-electron chi connectivity index (χ3n) is 5.30. The smallest absolute Gasteiger partial charge is 0.328 e. The number of aromatic nitrogens is 2. The van der Waals surface area contributed by atoms with Crippen molar-refractivity contribution in [3.05, 3.63) is 64.1 Å². The van der Waals surface area contributed by atoms with Gasteiger partial charge in [0.1, 0.15) is 18.5 Å². The molecule has 0 saturated heterocycles. The fourth-order valence-corrected chi connectivity index (χ4v) is 3.45. The maximum atomic E-state index is 12.1. The van der Waals surface area contributed by atoms with E-state index in [0.717, 1.165) is 54.9 Å². The van der Waals surface area contributed by atoms with E-state index < -0.39 is 6.10 Å². The first-order chi connectivity index (χ1) is 14.5. The number of hydrogen-bond acceptors (Lipinski definition) is 5. The zero-order chi connectivity index (χ0) is 21.5. The molecule has 0 aliphatic carbocycles. The van der Waals surface area contributed by atoms with E-state index in [1.54, 1.807) is 23.2 Å². The van der Waals surface area contributed by atoms with Gasteiger partial charge in [0.05, 0.1) is 11.0 Å². The van der Waals surface area contributed by atoms with Crippen molar-refractivity contribution in [1.29, 1.82) is 0 Å². The fourth-order valence-electron chi connectivity index (χ4n) is 3.45. The lowest BCUT2D eigenvalue weighted by molar-refractivity contribution is 0.108. The molecule has 3 aromatic rings. The monoisotopic (exact) mass is 412 g/mol. The van der Waals surface area contributed by atoms with Crippen LogP contribution >= 0.6 is 0 Å². The lowest BCUT2D eigenvalue weighted by Gasteiger charge is -2.14. The van der Waals surface area contributed by atoms with Gasteiger partial charge in [0.25, 0.3) is 0 Å². The summed E-state index contributed by atoms with van der Waals surface area (Å²) in [5, 5.41) is 17.3. The molecule has 0 spiro atoms. The highest BCUT2D eigenvalue weighted by Crippen LogP contribution is 2.21. The van der Waals surface area contributed by atoms with E-state index in [9.17, 15) is 9.90 Å². The van der Waals surface area contributed by atoms with Gasteiger partial charge in [-0.25, -0.2) is 4.79 Å². The summed E-state index contributed by atoms with van der Waals surface area (Å²) in [4.78, 5) is 12.1. The van der Waals surface area contributed by atoms with Crippen LogP contribution in [0.15, 0.2) is 47.3 Å². The van der Waals surface area contributed by atoms with Crippen molar-refractivity contribution in [2.24, 2.45) is 14.1 Å². The maximum absolute atomic E-state index is 12.1. The molecular weight excluding hydrogens is 380 g/mol. The molecule has 0 radical (unpaired) electrons. The Morgan fingerprint density at radius 2 is 1.70 bits per heavy atom. The first-order valence-corrected chi connectivity index (χ1v) is 10.5. The van der Waals surface area contributed by atoms with Crippen LogP contribution in [-0.2, 0) is 20.6 Å². The summed E-state index contributed by atoms with van der Waals surface area (Å²) in [5.41, 5.74) is 3.47. The average molecular weight is 413 g/mol. The number of rotatable bonds is 11. The topological polar surface area (TPSA) is 80.4 Å². The maximum Gasteiger partial charge on any atom is 0.328 e. The molecular formula is C23H32N4O3. The van der Waals surface area contributed by atoms with Crippen molar-refractivity contribution < 1.29 is 9.84 Å². The van der Waals surface area contributed by atoms with Crippen LogP contribution in [0.2, 0.25) is 0 Å². The van der Waals surface area contributed by atoms with Gasteiger partial charge in [0.15, 0.2) is 0 Å². The minimum atomic E-state index is -0.775. The van der Waals surface area contributed by atoms with Gasteiger partial charge < -0.3 is 20.5 Å². The number of nitrogens with one attached hydrogen (secondary N) is 2. The summed E-state index contributed by atoms with van der Waals surface area (Å²) in [7, 11) is 3.47. The quantitative estimate of drug-likeness (QED) is 0.420. The van der Waals surface area contributed by atoms with Gasteiger partial charge in [-0.05, 0) is 61.4 Å². The van der Waals surface area contributed by atoms with Crippen molar-refractivity contribution >= 4 is 11.0 Å². The molecule has 162 valence electrons. The molecule has 3 rings (SSSR count). The molecule has 1 heterocycles. The van der Waals surface area contributed by atoms with E-state index in [-0.39, 0.29) is 12.3 Å². The number of benzene rings is 2. The highest BCUT2D eigenvalue weighted by Gasteiger charge is 2.13. The van der Waals surface area contributed by atoms with Crippen molar-refractivity contribution in [3.8, 4) is 5.75 Å². The third kappa shape index (κ3) is 5.30. The van der Waals surface area contributed by atoms with E-state index >= 15 is 0 Å². The molecule has 1 aromatic heterocycles. The van der Waals surface area contributed by atoms with Crippen LogP contribution in [0.1, 0.15) is 30.6 Å². The van der Waals surface area contributed by atoms with E-state index in [2.05, 4.69) is 17.6 Å². The molecule has 2 aromatic carbocycles. The molecule has 0 aliphatic heterocycles. The van der Waals surface area contributed by atoms with Gasteiger partial charge in [-0.15, -0.1) is 0 Å². The Balaban J connectivity index is 1.51. The number of imidazole rings is 1. The van der Waals surface area contributed by atoms with Crippen LogP contribution in [-0.4, -0.2) is 40.5 Å². The normalized spacial score (nSPS) is 12.4. The van der Waals surface area contributed by atoms with Gasteiger partial charge in [-0.1, -0.05) is 25.1 Å². The van der Waals surface area contributed by atoms with Crippen LogP contribution in [0.25, 0.3) is 11.0 Å². The predicted octanol–water partition coefficient (Wildman–Crippen LogP) is 2.08. The molecule has 0 amide bonds. The number of nitrogens with zero attached hydrogens (tertiary/aromatic N) is 2. The summed E-state index contributed by atoms with van der Waals surface area (Å²) in [6.07, 6.45) is 0.332. The summed E-state index contributed by atoms with van der Waals surface area (Å²) in [6.45, 7) is 6.11. The predicted molar refractivity (Wildman–Crippen MR) is 120 cm³/mol. The van der Waals surface area contributed by atoms with Crippen LogP contribution in [0.4, 0.5) is 0 Å². The first kappa shape index (κ1) is 22.1. The summed E-state index contributed by atoms with van der Waals surface area (Å²) in [5.74, 6) is 0.720. The first-order valence-electron chi connectivity index (χ1n) is 10.5. The van der Waals surface area contributed by atoms with E-state index in [4.69, 9.17) is 4.74 Å². The highest BCUT2D eigenvalue weighted by molar-refractivity contribution is 5.76. The molecule has 30 heavy (non-hydrogen) atoms. The second-order valence-electron chi connectivity index (χ2n) is 7.50. The zero-order valence-corrected chi connectivity index (χ0v) is 18.0. The largest absolute Gasteiger partial charge is 0.491 e. The molecule has 0 bridgehead atoms. The summed E-state index contributed by atoms with van der Waals surface area (Å²) >= 11 is 0. The molecule has 7 heteroatoms. The number of hydrogen-bond donors (Lipinski definition) is 3. The van der Waals surface area contributed by atoms with Crippen LogP contribution in [0.3, 0.4) is 0 Å². The van der Waals surface area contributed by atoms with Crippen molar-refractivity contribution in [2.75, 3.05) is 26.2 Å². The number of aliphatic hydroxyl groups excluding tert-OH is 1. The molecule has 0 saturated carbocycles. The Bertz CT molecular complexity index is 1010. The van der Waals surface area contributed by atoms with E-state index in [1.165, 1.54) is 5.56 Å². The third-order valence-corrected chi connectivity index (χ3v) is 5.30. The molecule has 7 nitrogen and oxygen atoms in total. The fraction of sp³-hybridized carbons (Fsp3) is 0.435. The van der Waals surface area contributed by atoms with Gasteiger partial charge in [-0.2, -0.15) is 0 Å². The van der Waals surface area contributed by atoms with Crippen molar-refractivity contribution in [3.63, 3.8) is 0 Å². The Hall–Kier alpha value is -2.61. The van der Waals surface area contributed by atoms with E-state index in [0.29, 0.717) is 0 Å². The standard InChI is InChI=1S/C23H32N4O3/c1-4-24-12-5-13-25-15-17-6-9-19(10-7-17)30-16-22(28)18-8-11-20-21(14-18)27(3)23(29)26(20)2/h6-11,14,22,24-25,28H,4-5,12-13,15-16H2,1-3H3. The minimum Gasteiger partial charge on any atom is -0.491 e. The molecule has 1 unspecified atom stereocenters. The SMILES string of the molecule is CCNCCCNCc1ccc(OCC(O)c2ccc3c(c2)n(C)c(=O)n3C)cc1. The molecule has 3 N–H and O–H groups in total. The molecule has 1 atom stereocenters. The Labute approximate surface area is 177 Å². The molecule has 0 aliphatic rings.